The van der Waals surface area contributed by atoms with E-state index < -0.39 is 0 Å². The van der Waals surface area contributed by atoms with Gasteiger partial charge in [-0.25, -0.2) is 0 Å². The van der Waals surface area contributed by atoms with Crippen molar-refractivity contribution in [3.05, 3.63) is 178 Å². The molecule has 44 heavy (non-hydrogen) atoms. The molecule has 8 aromatic rings. The first-order valence-corrected chi connectivity index (χ1v) is 15.2. The van der Waals surface area contributed by atoms with Crippen molar-refractivity contribution in [2.24, 2.45) is 0 Å². The van der Waals surface area contributed by atoms with E-state index >= 15 is 0 Å². The molecule has 0 amide bonds. The van der Waals surface area contributed by atoms with Crippen LogP contribution < -0.4 is 10.4 Å². The summed E-state index contributed by atoms with van der Waals surface area (Å²) in [6.07, 6.45) is 0.886. The molecule has 0 saturated heterocycles. The molecule has 0 heteroatoms. The molecule has 0 fully saturated rings. The van der Waals surface area contributed by atoms with Gasteiger partial charge in [0.25, 0.3) is 0 Å². The lowest BCUT2D eigenvalue weighted by Gasteiger charge is -2.17. The third-order valence-corrected chi connectivity index (χ3v) is 9.85. The number of fused-ring (bicyclic) bond motifs is 5. The van der Waals surface area contributed by atoms with Gasteiger partial charge in [-0.1, -0.05) is 153 Å². The highest BCUT2D eigenvalue weighted by molar-refractivity contribution is 6.38. The lowest BCUT2D eigenvalue weighted by atomic mass is 9.86. The van der Waals surface area contributed by atoms with Crippen molar-refractivity contribution < 1.29 is 0 Å². The summed E-state index contributed by atoms with van der Waals surface area (Å²) in [5.74, 6) is 0. The molecular formula is C44H30. The molecule has 0 unspecified atom stereocenters. The van der Waals surface area contributed by atoms with Crippen LogP contribution in [-0.4, -0.2) is 0 Å². The van der Waals surface area contributed by atoms with Crippen molar-refractivity contribution in [1.82, 2.24) is 0 Å². The Labute approximate surface area is 256 Å². The fraction of sp³-hybridized carbons (Fsp3) is 0.0455. The standard InChI is InChI=1S/C43H26.CH4/c1-3-11-26(12-4-1)37-25-38-35-22-21-33-31-19-9-15-27-16-10-20-32(39(27)31)34-23-24-36(42(35)41(33)34)43(38)40(28-13-5-2-6-14-28)30-18-8-7-17-29(30)37;/h1-24H,25H2;1H4. The van der Waals surface area contributed by atoms with Crippen LogP contribution >= 0.6 is 0 Å². The van der Waals surface area contributed by atoms with Gasteiger partial charge in [-0.3, -0.25) is 0 Å². The molecule has 0 bridgehead atoms. The summed E-state index contributed by atoms with van der Waals surface area (Å²) in [5.41, 5.74) is 10.9. The predicted octanol–water partition coefficient (Wildman–Crippen LogP) is 10.1. The van der Waals surface area contributed by atoms with E-state index in [9.17, 15) is 0 Å². The highest BCUT2D eigenvalue weighted by atomic mass is 14.3. The molecule has 0 saturated carbocycles. The second kappa shape index (κ2) is 9.27. The summed E-state index contributed by atoms with van der Waals surface area (Å²) in [5, 5.41) is 13.5. The zero-order valence-corrected chi connectivity index (χ0v) is 23.6. The Hall–Kier alpha value is -5.46. The van der Waals surface area contributed by atoms with E-state index in [1.165, 1.54) is 98.1 Å². The Bertz CT molecular complexity index is 2550. The maximum atomic E-state index is 2.42. The van der Waals surface area contributed by atoms with Crippen LogP contribution in [0.5, 0.6) is 0 Å². The lowest BCUT2D eigenvalue weighted by molar-refractivity contribution is 1.36. The SMILES string of the molecule is C.c1ccc(C2=c3ccccc3=C(c3ccccc3)C3=C(C2)c2ccc4c5cccc6cccc(c7ccc3c2c47)c65)cc1. The molecular weight excluding hydrogens is 528 g/mol. The zero-order valence-electron chi connectivity index (χ0n) is 23.6. The quantitative estimate of drug-likeness (QED) is 0.146. The minimum Gasteiger partial charge on any atom is -0.0776 e. The van der Waals surface area contributed by atoms with Crippen LogP contribution in [0.3, 0.4) is 0 Å². The fourth-order valence-electron chi connectivity index (χ4n) is 8.13. The molecule has 2 aliphatic carbocycles. The summed E-state index contributed by atoms with van der Waals surface area (Å²) < 4.78 is 0. The second-order valence-corrected chi connectivity index (χ2v) is 11.9. The first kappa shape index (κ1) is 25.1. The van der Waals surface area contributed by atoms with Crippen LogP contribution in [-0.2, 0) is 0 Å². The number of benzene rings is 8. The number of allylic oxidation sites excluding steroid dienone is 2. The van der Waals surface area contributed by atoms with Gasteiger partial charge in [0, 0.05) is 0 Å². The van der Waals surface area contributed by atoms with Gasteiger partial charge in [0.15, 0.2) is 0 Å². The third-order valence-electron chi connectivity index (χ3n) is 9.85. The Morgan fingerprint density at radius 1 is 0.341 bits per heavy atom. The van der Waals surface area contributed by atoms with Gasteiger partial charge >= 0.3 is 0 Å². The Kier molecular flexibility index (Phi) is 5.28. The summed E-state index contributed by atoms with van der Waals surface area (Å²) in [6, 6.07) is 54.2. The molecule has 0 heterocycles. The maximum absolute atomic E-state index is 2.42. The molecule has 0 atom stereocenters. The third kappa shape index (κ3) is 3.23. The zero-order chi connectivity index (χ0) is 28.1. The van der Waals surface area contributed by atoms with Crippen LogP contribution in [0.25, 0.3) is 65.4 Å². The van der Waals surface area contributed by atoms with Gasteiger partial charge in [-0.2, -0.15) is 0 Å². The van der Waals surface area contributed by atoms with Crippen LogP contribution in [0.15, 0.2) is 146 Å². The largest absolute Gasteiger partial charge is 0.0776 e. The van der Waals surface area contributed by atoms with Crippen molar-refractivity contribution in [1.29, 1.82) is 0 Å². The highest BCUT2D eigenvalue weighted by Crippen LogP contribution is 2.53. The molecule has 10 rings (SSSR count). The summed E-state index contributed by atoms with van der Waals surface area (Å²) in [6.45, 7) is 0. The molecule has 0 N–H and O–H groups in total. The van der Waals surface area contributed by atoms with Crippen molar-refractivity contribution in [3.63, 3.8) is 0 Å². The summed E-state index contributed by atoms with van der Waals surface area (Å²) >= 11 is 0. The van der Waals surface area contributed by atoms with E-state index in [0.717, 1.165) is 6.42 Å². The second-order valence-electron chi connectivity index (χ2n) is 11.9. The Morgan fingerprint density at radius 3 is 1.59 bits per heavy atom. The van der Waals surface area contributed by atoms with Crippen molar-refractivity contribution in [2.45, 2.75) is 13.8 Å². The Balaban J connectivity index is 0.00000270. The van der Waals surface area contributed by atoms with Crippen LogP contribution in [0.4, 0.5) is 0 Å². The maximum Gasteiger partial charge on any atom is -0.000110 e. The summed E-state index contributed by atoms with van der Waals surface area (Å²) in [7, 11) is 0. The van der Waals surface area contributed by atoms with E-state index in [-0.39, 0.29) is 7.43 Å². The number of hydrogen-bond acceptors (Lipinski definition) is 0. The van der Waals surface area contributed by atoms with E-state index in [1.54, 1.807) is 0 Å². The van der Waals surface area contributed by atoms with Crippen molar-refractivity contribution >= 4 is 65.4 Å². The molecule has 0 spiro atoms. The van der Waals surface area contributed by atoms with Crippen LogP contribution in [0, 0.1) is 0 Å². The Morgan fingerprint density at radius 2 is 0.909 bits per heavy atom. The minimum atomic E-state index is 0. The number of rotatable bonds is 2. The molecule has 0 radical (unpaired) electrons. The molecule has 0 aromatic heterocycles. The predicted molar refractivity (Wildman–Crippen MR) is 189 cm³/mol. The van der Waals surface area contributed by atoms with Gasteiger partial charge in [0.1, 0.15) is 0 Å². The average Bonchev–Trinajstić information content (AvgIpc) is 3.29. The number of hydrogen-bond donors (Lipinski definition) is 0. The topological polar surface area (TPSA) is 0 Å². The fourth-order valence-corrected chi connectivity index (χ4v) is 8.13. The minimum absolute atomic E-state index is 0. The summed E-state index contributed by atoms with van der Waals surface area (Å²) in [4.78, 5) is 0. The molecule has 2 aliphatic rings. The monoisotopic (exact) mass is 558 g/mol. The van der Waals surface area contributed by atoms with E-state index in [0.29, 0.717) is 0 Å². The lowest BCUT2D eigenvalue weighted by Crippen LogP contribution is -2.29. The van der Waals surface area contributed by atoms with Gasteiger partial charge in [-0.15, -0.1) is 0 Å². The van der Waals surface area contributed by atoms with Crippen LogP contribution in [0.1, 0.15) is 36.1 Å². The van der Waals surface area contributed by atoms with E-state index in [2.05, 4.69) is 146 Å². The van der Waals surface area contributed by atoms with Gasteiger partial charge in [-0.05, 0) is 104 Å². The average molecular weight is 559 g/mol. The first-order valence-electron chi connectivity index (χ1n) is 15.2. The van der Waals surface area contributed by atoms with E-state index in [4.69, 9.17) is 0 Å². The van der Waals surface area contributed by atoms with Gasteiger partial charge in [0.05, 0.1) is 0 Å². The molecule has 0 aliphatic heterocycles. The van der Waals surface area contributed by atoms with Crippen LogP contribution in [0.2, 0.25) is 0 Å². The van der Waals surface area contributed by atoms with Crippen molar-refractivity contribution in [2.75, 3.05) is 0 Å². The van der Waals surface area contributed by atoms with Gasteiger partial charge < -0.3 is 0 Å². The molecule has 8 aromatic carbocycles. The van der Waals surface area contributed by atoms with Crippen molar-refractivity contribution in [3.8, 4) is 0 Å². The highest BCUT2D eigenvalue weighted by Gasteiger charge is 2.31. The van der Waals surface area contributed by atoms with Gasteiger partial charge in [0.2, 0.25) is 0 Å². The smallest absolute Gasteiger partial charge is 0.000110 e. The first-order chi connectivity index (χ1) is 21.4. The normalized spacial score (nSPS) is 13.9. The van der Waals surface area contributed by atoms with E-state index in [1.807, 2.05) is 0 Å². The molecule has 206 valence electrons. The molecule has 0 nitrogen and oxygen atoms in total.